The molecule has 0 radical (unpaired) electrons. The first-order valence-corrected chi connectivity index (χ1v) is 7.39. The minimum absolute atomic E-state index is 0.125. The number of hydrogen-bond acceptors (Lipinski definition) is 2. The van der Waals surface area contributed by atoms with Crippen molar-refractivity contribution < 1.29 is 13.5 Å². The molecule has 2 aromatic carbocycles. The van der Waals surface area contributed by atoms with Crippen LogP contribution in [0.2, 0.25) is 0 Å². The van der Waals surface area contributed by atoms with Crippen LogP contribution in [0.4, 0.5) is 14.5 Å². The molecule has 1 N–H and O–H groups in total. The Balaban J connectivity index is 2.01. The average molecular weight is 356 g/mol. The van der Waals surface area contributed by atoms with Crippen LogP contribution < -0.4 is 10.1 Å². The van der Waals surface area contributed by atoms with E-state index in [0.29, 0.717) is 6.54 Å². The second-order valence-corrected chi connectivity index (χ2v) is 5.76. The number of benzene rings is 2. The Morgan fingerprint density at radius 2 is 1.76 bits per heavy atom. The molecule has 0 aliphatic carbocycles. The van der Waals surface area contributed by atoms with Crippen LogP contribution in [0.1, 0.15) is 19.4 Å². The van der Waals surface area contributed by atoms with E-state index in [0.717, 1.165) is 17.4 Å². The number of nitrogens with one attached hydrogen (secondary N) is 1. The molecule has 0 bridgehead atoms. The molecule has 0 aliphatic heterocycles. The van der Waals surface area contributed by atoms with Crippen molar-refractivity contribution in [3.63, 3.8) is 0 Å². The lowest BCUT2D eigenvalue weighted by atomic mass is 10.2. The Kier molecular flexibility index (Phi) is 5.17. The van der Waals surface area contributed by atoms with E-state index in [2.05, 4.69) is 21.2 Å². The van der Waals surface area contributed by atoms with Gasteiger partial charge in [0.2, 0.25) is 0 Å². The van der Waals surface area contributed by atoms with Gasteiger partial charge in [0.05, 0.1) is 16.3 Å². The Morgan fingerprint density at radius 3 is 2.38 bits per heavy atom. The Hall–Kier alpha value is -1.62. The van der Waals surface area contributed by atoms with Gasteiger partial charge in [0, 0.05) is 12.6 Å². The summed E-state index contributed by atoms with van der Waals surface area (Å²) in [5.41, 5.74) is 1.23. The zero-order valence-corrected chi connectivity index (χ0v) is 13.4. The predicted molar refractivity (Wildman–Crippen MR) is 83.6 cm³/mol. The van der Waals surface area contributed by atoms with Crippen molar-refractivity contribution in [3.8, 4) is 5.75 Å². The van der Waals surface area contributed by atoms with Crippen molar-refractivity contribution in [1.82, 2.24) is 0 Å². The van der Waals surface area contributed by atoms with E-state index in [1.165, 1.54) is 6.07 Å². The van der Waals surface area contributed by atoms with Crippen LogP contribution in [-0.2, 0) is 6.54 Å². The molecule has 0 heterocycles. The molecule has 0 aromatic heterocycles. The van der Waals surface area contributed by atoms with Crippen LogP contribution in [0.5, 0.6) is 5.75 Å². The topological polar surface area (TPSA) is 21.3 Å². The van der Waals surface area contributed by atoms with Gasteiger partial charge in [-0.15, -0.1) is 0 Å². The van der Waals surface area contributed by atoms with Gasteiger partial charge in [-0.3, -0.25) is 0 Å². The minimum Gasteiger partial charge on any atom is -0.491 e. The maximum atomic E-state index is 13.6. The summed E-state index contributed by atoms with van der Waals surface area (Å²) in [4.78, 5) is 0. The van der Waals surface area contributed by atoms with Crippen LogP contribution in [0, 0.1) is 11.6 Å². The minimum atomic E-state index is -0.617. The first-order valence-electron chi connectivity index (χ1n) is 6.59. The molecule has 0 spiro atoms. The van der Waals surface area contributed by atoms with Crippen molar-refractivity contribution in [1.29, 1.82) is 0 Å². The lowest BCUT2D eigenvalue weighted by Crippen LogP contribution is -2.06. The molecule has 0 aliphatic rings. The highest BCUT2D eigenvalue weighted by Gasteiger charge is 2.08. The molecule has 2 rings (SSSR count). The van der Waals surface area contributed by atoms with Crippen LogP contribution in [0.25, 0.3) is 0 Å². The van der Waals surface area contributed by atoms with Gasteiger partial charge in [0.25, 0.3) is 0 Å². The molecule has 0 amide bonds. The number of ether oxygens (including phenoxy) is 1. The second-order valence-electron chi connectivity index (χ2n) is 4.91. The summed E-state index contributed by atoms with van der Waals surface area (Å²) in [5.74, 6) is -0.437. The van der Waals surface area contributed by atoms with Crippen molar-refractivity contribution >= 4 is 21.6 Å². The highest BCUT2D eigenvalue weighted by Crippen LogP contribution is 2.24. The number of rotatable bonds is 5. The fourth-order valence-corrected chi connectivity index (χ4v) is 2.16. The summed E-state index contributed by atoms with van der Waals surface area (Å²) in [6.07, 6.45) is 0.125. The smallest absolute Gasteiger partial charge is 0.149 e. The van der Waals surface area contributed by atoms with Gasteiger partial charge in [-0.2, -0.15) is 0 Å². The Morgan fingerprint density at radius 1 is 1.10 bits per heavy atom. The lowest BCUT2D eigenvalue weighted by Gasteiger charge is -2.11. The zero-order valence-electron chi connectivity index (χ0n) is 11.8. The van der Waals surface area contributed by atoms with E-state index in [1.807, 2.05) is 38.1 Å². The van der Waals surface area contributed by atoms with Gasteiger partial charge >= 0.3 is 0 Å². The van der Waals surface area contributed by atoms with E-state index in [4.69, 9.17) is 4.74 Å². The molecular formula is C16H16BrF2NO. The Labute approximate surface area is 131 Å². The normalized spacial score (nSPS) is 10.8. The molecule has 5 heteroatoms. The average Bonchev–Trinajstić information content (AvgIpc) is 2.42. The van der Waals surface area contributed by atoms with Gasteiger partial charge < -0.3 is 10.1 Å². The number of halogens is 3. The monoisotopic (exact) mass is 355 g/mol. The van der Waals surface area contributed by atoms with Gasteiger partial charge in [0.15, 0.2) is 0 Å². The van der Waals surface area contributed by atoms with E-state index in [-0.39, 0.29) is 16.3 Å². The fourth-order valence-electron chi connectivity index (χ4n) is 1.81. The van der Waals surface area contributed by atoms with Crippen molar-refractivity contribution in [2.75, 3.05) is 5.32 Å². The van der Waals surface area contributed by atoms with E-state index < -0.39 is 11.6 Å². The summed E-state index contributed by atoms with van der Waals surface area (Å²) in [6, 6.07) is 9.79. The number of anilines is 1. The molecule has 2 nitrogen and oxygen atoms in total. The predicted octanol–water partition coefficient (Wildman–Crippen LogP) is 5.13. The standard InChI is InChI=1S/C16H16BrF2NO/c1-10(2)21-12-5-3-11(4-6-12)9-20-16-7-13(17)14(18)8-15(16)19/h3-8,10,20H,9H2,1-2H3. The Bertz CT molecular complexity index is 614. The maximum absolute atomic E-state index is 13.6. The molecular weight excluding hydrogens is 340 g/mol. The third-order valence-corrected chi connectivity index (χ3v) is 3.40. The molecule has 0 saturated heterocycles. The first kappa shape index (κ1) is 15.8. The van der Waals surface area contributed by atoms with Gasteiger partial charge in [-0.05, 0) is 53.5 Å². The summed E-state index contributed by atoms with van der Waals surface area (Å²) in [5, 5.41) is 2.95. The van der Waals surface area contributed by atoms with Gasteiger partial charge in [0.1, 0.15) is 17.4 Å². The number of hydrogen-bond donors (Lipinski definition) is 1. The van der Waals surface area contributed by atoms with Gasteiger partial charge in [-0.1, -0.05) is 12.1 Å². The SMILES string of the molecule is CC(C)Oc1ccc(CNc2cc(Br)c(F)cc2F)cc1. The molecule has 0 fully saturated rings. The summed E-state index contributed by atoms with van der Waals surface area (Å²) in [6.45, 7) is 4.37. The third kappa shape index (κ3) is 4.43. The summed E-state index contributed by atoms with van der Waals surface area (Å²) < 4.78 is 32.5. The largest absolute Gasteiger partial charge is 0.491 e. The van der Waals surface area contributed by atoms with Crippen LogP contribution in [0.15, 0.2) is 40.9 Å². The van der Waals surface area contributed by atoms with Crippen molar-refractivity contribution in [2.24, 2.45) is 0 Å². The second kappa shape index (κ2) is 6.89. The molecule has 0 unspecified atom stereocenters. The quantitative estimate of drug-likeness (QED) is 0.751. The zero-order chi connectivity index (χ0) is 15.4. The van der Waals surface area contributed by atoms with E-state index in [9.17, 15) is 8.78 Å². The highest BCUT2D eigenvalue weighted by atomic mass is 79.9. The fraction of sp³-hybridized carbons (Fsp3) is 0.250. The first-order chi connectivity index (χ1) is 9.95. The van der Waals surface area contributed by atoms with Crippen LogP contribution in [-0.4, -0.2) is 6.10 Å². The van der Waals surface area contributed by atoms with Gasteiger partial charge in [-0.25, -0.2) is 8.78 Å². The molecule has 21 heavy (non-hydrogen) atoms. The maximum Gasteiger partial charge on any atom is 0.149 e. The summed E-state index contributed by atoms with van der Waals surface area (Å²) in [7, 11) is 0. The van der Waals surface area contributed by atoms with E-state index >= 15 is 0 Å². The third-order valence-electron chi connectivity index (χ3n) is 2.79. The van der Waals surface area contributed by atoms with Crippen molar-refractivity contribution in [2.45, 2.75) is 26.5 Å². The highest BCUT2D eigenvalue weighted by molar-refractivity contribution is 9.10. The molecule has 112 valence electrons. The van der Waals surface area contributed by atoms with E-state index in [1.54, 1.807) is 0 Å². The van der Waals surface area contributed by atoms with Crippen LogP contribution in [0.3, 0.4) is 0 Å². The summed E-state index contributed by atoms with van der Waals surface area (Å²) >= 11 is 3.04. The molecule has 0 atom stereocenters. The molecule has 2 aromatic rings. The van der Waals surface area contributed by atoms with Crippen LogP contribution >= 0.6 is 15.9 Å². The molecule has 0 saturated carbocycles. The lowest BCUT2D eigenvalue weighted by molar-refractivity contribution is 0.242. The van der Waals surface area contributed by atoms with Crippen molar-refractivity contribution in [3.05, 3.63) is 58.1 Å².